The Morgan fingerprint density at radius 1 is 1.25 bits per heavy atom. The van der Waals surface area contributed by atoms with E-state index in [2.05, 4.69) is 13.8 Å². The van der Waals surface area contributed by atoms with Gasteiger partial charge in [0.05, 0.1) is 12.2 Å². The molecule has 8 atom stereocenters. The van der Waals surface area contributed by atoms with E-state index in [-0.39, 0.29) is 35.4 Å². The van der Waals surface area contributed by atoms with Gasteiger partial charge in [-0.15, -0.1) is 0 Å². The molecular formula is C26H38O6. The van der Waals surface area contributed by atoms with Gasteiger partial charge in [0, 0.05) is 5.41 Å². The van der Waals surface area contributed by atoms with Crippen molar-refractivity contribution in [3.05, 3.63) is 23.8 Å². The van der Waals surface area contributed by atoms with Crippen molar-refractivity contribution >= 4 is 11.6 Å². The maximum absolute atomic E-state index is 13.2. The fraction of sp³-hybridized carbons (Fsp3) is 0.769. The number of Topliss-reactive ketones (excluding diaryl/α,β-unsaturated/α-hetero) is 1. The number of allylic oxidation sites excluding steroid dienone is 4. The molecule has 0 radical (unpaired) electrons. The lowest BCUT2D eigenvalue weighted by atomic mass is 9.52. The number of ketones is 2. The van der Waals surface area contributed by atoms with E-state index < -0.39 is 30.0 Å². The van der Waals surface area contributed by atoms with Crippen molar-refractivity contribution in [2.75, 3.05) is 6.61 Å². The molecule has 1 heterocycles. The van der Waals surface area contributed by atoms with E-state index in [1.807, 2.05) is 13.0 Å². The molecule has 0 aromatic heterocycles. The van der Waals surface area contributed by atoms with Crippen LogP contribution in [0.15, 0.2) is 23.8 Å². The van der Waals surface area contributed by atoms with E-state index in [4.69, 9.17) is 9.47 Å². The van der Waals surface area contributed by atoms with Gasteiger partial charge < -0.3 is 19.7 Å². The Morgan fingerprint density at radius 2 is 2.03 bits per heavy atom. The topological polar surface area (TPSA) is 93.1 Å². The van der Waals surface area contributed by atoms with Crippen LogP contribution in [0.4, 0.5) is 0 Å². The van der Waals surface area contributed by atoms with Crippen LogP contribution in [0.2, 0.25) is 0 Å². The summed E-state index contributed by atoms with van der Waals surface area (Å²) < 4.78 is 12.6. The first-order valence-electron chi connectivity index (χ1n) is 12.4. The van der Waals surface area contributed by atoms with Gasteiger partial charge in [-0.1, -0.05) is 38.8 Å². The molecule has 4 fully saturated rings. The van der Waals surface area contributed by atoms with Crippen LogP contribution in [0.25, 0.3) is 0 Å². The Hall–Kier alpha value is -1.34. The zero-order valence-electron chi connectivity index (χ0n) is 19.6. The zero-order chi connectivity index (χ0) is 23.1. The number of carbonyl (C=O) groups is 2. The number of rotatable bonds is 7. The maximum Gasteiger partial charge on any atom is 0.193 e. The standard InChI is InChI=1S/C26H38O6/c1-4-6-8-17(28)11-16-9-10-18-19(12-16)21(29)14-25(3)20(18)13-23-26(25,22(30)15-27)32-24(31-23)7-5-2/h6,8,11,18-21,23-24,27,29H,4-5,7,9-10,12-15H2,1-3H3/b8-6-,16-11-/t18-,19-,20+,21+,23-,24?,25+,26-/m1/s1. The summed E-state index contributed by atoms with van der Waals surface area (Å²) in [6, 6.07) is 0. The summed E-state index contributed by atoms with van der Waals surface area (Å²) in [5.74, 6) is 0.190. The first kappa shape index (κ1) is 23.8. The highest BCUT2D eigenvalue weighted by atomic mass is 16.7. The first-order valence-corrected chi connectivity index (χ1v) is 12.4. The van der Waals surface area contributed by atoms with Gasteiger partial charge in [0.25, 0.3) is 0 Å². The average Bonchev–Trinajstić information content (AvgIpc) is 3.24. The lowest BCUT2D eigenvalue weighted by Gasteiger charge is -2.55. The van der Waals surface area contributed by atoms with Crippen LogP contribution >= 0.6 is 0 Å². The molecule has 0 aromatic rings. The van der Waals surface area contributed by atoms with Gasteiger partial charge in [-0.3, -0.25) is 9.59 Å². The van der Waals surface area contributed by atoms with Crippen LogP contribution in [-0.4, -0.2) is 52.5 Å². The number of aliphatic hydroxyl groups is 2. The fourth-order valence-electron chi connectivity index (χ4n) is 7.32. The minimum atomic E-state index is -1.19. The molecule has 0 amide bonds. The molecule has 4 aliphatic rings. The predicted molar refractivity (Wildman–Crippen MR) is 120 cm³/mol. The number of carbonyl (C=O) groups excluding carboxylic acids is 2. The monoisotopic (exact) mass is 446 g/mol. The zero-order valence-corrected chi connectivity index (χ0v) is 19.6. The molecule has 1 unspecified atom stereocenters. The highest BCUT2D eigenvalue weighted by molar-refractivity contribution is 5.99. The molecular weight excluding hydrogens is 408 g/mol. The van der Waals surface area contributed by atoms with Crippen molar-refractivity contribution in [1.29, 1.82) is 0 Å². The second-order valence-corrected chi connectivity index (χ2v) is 10.4. The van der Waals surface area contributed by atoms with Crippen LogP contribution in [-0.2, 0) is 19.1 Å². The largest absolute Gasteiger partial charge is 0.393 e. The number of hydrogen-bond acceptors (Lipinski definition) is 6. The molecule has 3 aliphatic carbocycles. The minimum Gasteiger partial charge on any atom is -0.393 e. The molecule has 1 saturated heterocycles. The van der Waals surface area contributed by atoms with Gasteiger partial charge in [0.15, 0.2) is 23.5 Å². The van der Waals surface area contributed by atoms with Crippen molar-refractivity contribution in [3.63, 3.8) is 0 Å². The Labute approximate surface area is 191 Å². The number of aliphatic hydroxyl groups excluding tert-OH is 2. The van der Waals surface area contributed by atoms with Crippen LogP contribution in [0.3, 0.4) is 0 Å². The third-order valence-corrected chi connectivity index (χ3v) is 8.66. The van der Waals surface area contributed by atoms with Gasteiger partial charge in [0.1, 0.15) is 6.61 Å². The molecule has 6 heteroatoms. The van der Waals surface area contributed by atoms with Gasteiger partial charge >= 0.3 is 0 Å². The second kappa shape index (κ2) is 9.13. The van der Waals surface area contributed by atoms with Gasteiger partial charge in [-0.25, -0.2) is 0 Å². The smallest absolute Gasteiger partial charge is 0.193 e. The number of fused-ring (bicyclic) bond motifs is 5. The fourth-order valence-corrected chi connectivity index (χ4v) is 7.32. The first-order chi connectivity index (χ1) is 15.3. The minimum absolute atomic E-state index is 0.0158. The summed E-state index contributed by atoms with van der Waals surface area (Å²) in [6.45, 7) is 5.54. The Bertz CT molecular complexity index is 802. The van der Waals surface area contributed by atoms with Crippen LogP contribution < -0.4 is 0 Å². The average molecular weight is 447 g/mol. The number of hydrogen-bond donors (Lipinski definition) is 2. The Morgan fingerprint density at radius 3 is 2.72 bits per heavy atom. The molecule has 32 heavy (non-hydrogen) atoms. The molecule has 0 bridgehead atoms. The molecule has 0 aromatic carbocycles. The molecule has 2 N–H and O–H groups in total. The van der Waals surface area contributed by atoms with Gasteiger partial charge in [-0.05, 0) is 74.9 Å². The molecule has 3 saturated carbocycles. The maximum atomic E-state index is 13.2. The highest BCUT2D eigenvalue weighted by Crippen LogP contribution is 2.67. The van der Waals surface area contributed by atoms with E-state index in [1.165, 1.54) is 0 Å². The predicted octanol–water partition coefficient (Wildman–Crippen LogP) is 3.50. The summed E-state index contributed by atoms with van der Waals surface area (Å²) in [5, 5.41) is 21.1. The third kappa shape index (κ3) is 3.64. The molecule has 6 nitrogen and oxygen atoms in total. The van der Waals surface area contributed by atoms with E-state index in [9.17, 15) is 19.8 Å². The lowest BCUT2D eigenvalue weighted by Crippen LogP contribution is -2.61. The van der Waals surface area contributed by atoms with Crippen molar-refractivity contribution in [1.82, 2.24) is 0 Å². The summed E-state index contributed by atoms with van der Waals surface area (Å²) >= 11 is 0. The van der Waals surface area contributed by atoms with E-state index in [0.717, 1.165) is 37.7 Å². The van der Waals surface area contributed by atoms with E-state index in [0.29, 0.717) is 19.3 Å². The van der Waals surface area contributed by atoms with Crippen LogP contribution in [0.5, 0.6) is 0 Å². The van der Waals surface area contributed by atoms with E-state index in [1.54, 1.807) is 12.2 Å². The van der Waals surface area contributed by atoms with Crippen LogP contribution in [0, 0.1) is 23.2 Å². The Balaban J connectivity index is 1.60. The van der Waals surface area contributed by atoms with Crippen molar-refractivity contribution < 1.29 is 29.3 Å². The van der Waals surface area contributed by atoms with Crippen molar-refractivity contribution in [2.45, 2.75) is 96.2 Å². The summed E-state index contributed by atoms with van der Waals surface area (Å²) in [4.78, 5) is 25.4. The summed E-state index contributed by atoms with van der Waals surface area (Å²) in [6.07, 6.45) is 9.85. The molecule has 4 rings (SSSR count). The highest BCUT2D eigenvalue weighted by Gasteiger charge is 2.74. The molecule has 0 spiro atoms. The number of ether oxygens (including phenoxy) is 2. The van der Waals surface area contributed by atoms with Crippen LogP contribution in [0.1, 0.15) is 72.1 Å². The summed E-state index contributed by atoms with van der Waals surface area (Å²) in [5.41, 5.74) is -0.661. The quantitative estimate of drug-likeness (QED) is 0.582. The van der Waals surface area contributed by atoms with E-state index >= 15 is 0 Å². The lowest BCUT2D eigenvalue weighted by molar-refractivity contribution is -0.194. The van der Waals surface area contributed by atoms with Gasteiger partial charge in [-0.2, -0.15) is 0 Å². The van der Waals surface area contributed by atoms with Gasteiger partial charge in [0.2, 0.25) is 0 Å². The molecule has 178 valence electrons. The normalized spacial score (nSPS) is 44.5. The second-order valence-electron chi connectivity index (χ2n) is 10.4. The van der Waals surface area contributed by atoms with Crippen molar-refractivity contribution in [3.8, 4) is 0 Å². The molecule has 1 aliphatic heterocycles. The SMILES string of the molecule is CC/C=C\C(=O)/C=C1/CC[C@@H]2[C@@H](C1)[C@@H](O)C[C@@]1(C)[C@H]2C[C@H]2OC(CCC)O[C@]21C(=O)CO. The Kier molecular flexibility index (Phi) is 6.79. The van der Waals surface area contributed by atoms with Crippen molar-refractivity contribution in [2.24, 2.45) is 23.2 Å². The summed E-state index contributed by atoms with van der Waals surface area (Å²) in [7, 11) is 0. The third-order valence-electron chi connectivity index (χ3n) is 8.66.